The molecule has 0 aliphatic rings. The van der Waals surface area contributed by atoms with E-state index in [9.17, 15) is 10.1 Å². The number of hydrogen-bond acceptors (Lipinski definition) is 6. The summed E-state index contributed by atoms with van der Waals surface area (Å²) < 4.78 is 11.2. The Morgan fingerprint density at radius 1 is 0.885 bits per heavy atom. The Kier molecular flexibility index (Phi) is 5.38. The topological polar surface area (TPSA) is 87.4 Å². The maximum atomic E-state index is 11.3. The molecule has 0 aliphatic carbocycles. The van der Waals surface area contributed by atoms with Crippen LogP contribution < -0.4 is 9.47 Å². The highest BCUT2D eigenvalue weighted by atomic mass is 16.6. The van der Waals surface area contributed by atoms with Crippen molar-refractivity contribution in [3.05, 3.63) is 87.6 Å². The van der Waals surface area contributed by atoms with E-state index in [1.54, 1.807) is 0 Å². The molecule has 0 N–H and O–H groups in total. The van der Waals surface area contributed by atoms with E-state index in [-0.39, 0.29) is 36.5 Å². The molecule has 7 heteroatoms. The predicted octanol–water partition coefficient (Wildman–Crippen LogP) is 3.85. The van der Waals surface area contributed by atoms with Gasteiger partial charge in [-0.2, -0.15) is 9.97 Å². The minimum absolute atomic E-state index is 0.0417. The van der Waals surface area contributed by atoms with Gasteiger partial charge in [-0.3, -0.25) is 10.1 Å². The second-order valence-electron chi connectivity index (χ2n) is 5.55. The third kappa shape index (κ3) is 4.32. The molecule has 7 nitrogen and oxygen atoms in total. The molecule has 0 unspecified atom stereocenters. The molecule has 3 aromatic rings. The van der Waals surface area contributed by atoms with Gasteiger partial charge in [0.15, 0.2) is 0 Å². The van der Waals surface area contributed by atoms with Crippen LogP contribution in [0, 0.1) is 17.0 Å². The van der Waals surface area contributed by atoms with Gasteiger partial charge in [0.05, 0.1) is 4.92 Å². The summed E-state index contributed by atoms with van der Waals surface area (Å²) >= 11 is 0. The maximum Gasteiger partial charge on any atom is 0.352 e. The lowest BCUT2D eigenvalue weighted by Gasteiger charge is -2.10. The number of aromatic nitrogens is 2. The third-order valence-corrected chi connectivity index (χ3v) is 3.62. The standard InChI is InChI=1S/C19H17N3O4/c1-14-17(22(23)24)18(25-12-15-8-4-2-5-9-15)21-19(20-14)26-13-16-10-6-3-7-11-16/h2-11H,12-13H2,1H3. The first-order valence-corrected chi connectivity index (χ1v) is 8.00. The van der Waals surface area contributed by atoms with E-state index in [1.165, 1.54) is 6.92 Å². The highest BCUT2D eigenvalue weighted by Crippen LogP contribution is 2.30. The van der Waals surface area contributed by atoms with Crippen LogP contribution in [0.4, 0.5) is 5.69 Å². The first kappa shape index (κ1) is 17.3. The number of hydrogen-bond donors (Lipinski definition) is 0. The fraction of sp³-hybridized carbons (Fsp3) is 0.158. The predicted molar refractivity (Wildman–Crippen MR) is 95.0 cm³/mol. The van der Waals surface area contributed by atoms with Crippen LogP contribution in [0.2, 0.25) is 0 Å². The van der Waals surface area contributed by atoms with Gasteiger partial charge in [0.25, 0.3) is 0 Å². The van der Waals surface area contributed by atoms with Crippen molar-refractivity contribution in [2.75, 3.05) is 0 Å². The second kappa shape index (κ2) is 8.06. The van der Waals surface area contributed by atoms with E-state index in [1.807, 2.05) is 60.7 Å². The quantitative estimate of drug-likeness (QED) is 0.474. The van der Waals surface area contributed by atoms with Crippen molar-refractivity contribution in [3.63, 3.8) is 0 Å². The van der Waals surface area contributed by atoms with E-state index in [0.717, 1.165) is 11.1 Å². The molecular weight excluding hydrogens is 334 g/mol. The summed E-state index contributed by atoms with van der Waals surface area (Å²) in [5.41, 5.74) is 1.76. The van der Waals surface area contributed by atoms with Crippen molar-refractivity contribution in [1.29, 1.82) is 0 Å². The van der Waals surface area contributed by atoms with Crippen molar-refractivity contribution < 1.29 is 14.4 Å². The molecule has 1 aromatic heterocycles. The van der Waals surface area contributed by atoms with E-state index in [0.29, 0.717) is 0 Å². The van der Waals surface area contributed by atoms with Gasteiger partial charge in [0.1, 0.15) is 18.9 Å². The molecule has 3 rings (SSSR count). The number of rotatable bonds is 7. The van der Waals surface area contributed by atoms with Gasteiger partial charge >= 0.3 is 17.6 Å². The number of benzene rings is 2. The Balaban J connectivity index is 1.80. The van der Waals surface area contributed by atoms with Gasteiger partial charge < -0.3 is 9.47 Å². The average molecular weight is 351 g/mol. The number of ether oxygens (including phenoxy) is 2. The Labute approximate surface area is 150 Å². The van der Waals surface area contributed by atoms with Crippen molar-refractivity contribution in [2.45, 2.75) is 20.1 Å². The van der Waals surface area contributed by atoms with Gasteiger partial charge in [-0.15, -0.1) is 0 Å². The SMILES string of the molecule is Cc1nc(OCc2ccccc2)nc(OCc2ccccc2)c1[N+](=O)[O-]. The highest BCUT2D eigenvalue weighted by Gasteiger charge is 2.24. The molecule has 0 atom stereocenters. The second-order valence-corrected chi connectivity index (χ2v) is 5.55. The van der Waals surface area contributed by atoms with Gasteiger partial charge in [-0.25, -0.2) is 0 Å². The van der Waals surface area contributed by atoms with Gasteiger partial charge in [-0.05, 0) is 18.1 Å². The molecule has 0 fully saturated rings. The lowest BCUT2D eigenvalue weighted by Crippen LogP contribution is -2.07. The summed E-state index contributed by atoms with van der Waals surface area (Å²) in [6, 6.07) is 18.9. The molecule has 0 amide bonds. The van der Waals surface area contributed by atoms with Crippen LogP contribution in [0.5, 0.6) is 11.9 Å². The number of aryl methyl sites for hydroxylation is 1. The highest BCUT2D eigenvalue weighted by molar-refractivity contribution is 5.45. The molecule has 0 aliphatic heterocycles. The molecule has 0 spiro atoms. The molecule has 0 saturated carbocycles. The van der Waals surface area contributed by atoms with Crippen LogP contribution in [-0.2, 0) is 13.2 Å². The van der Waals surface area contributed by atoms with Crippen LogP contribution >= 0.6 is 0 Å². The fourth-order valence-corrected chi connectivity index (χ4v) is 2.34. The maximum absolute atomic E-state index is 11.3. The minimum Gasteiger partial charge on any atom is -0.468 e. The fourth-order valence-electron chi connectivity index (χ4n) is 2.34. The molecule has 1 heterocycles. The van der Waals surface area contributed by atoms with Crippen LogP contribution in [0.3, 0.4) is 0 Å². The summed E-state index contributed by atoms with van der Waals surface area (Å²) in [7, 11) is 0. The third-order valence-electron chi connectivity index (χ3n) is 3.62. The smallest absolute Gasteiger partial charge is 0.352 e. The van der Waals surface area contributed by atoms with E-state index < -0.39 is 4.92 Å². The summed E-state index contributed by atoms with van der Waals surface area (Å²) in [4.78, 5) is 19.0. The van der Waals surface area contributed by atoms with Crippen LogP contribution in [0.15, 0.2) is 60.7 Å². The largest absolute Gasteiger partial charge is 0.468 e. The van der Waals surface area contributed by atoms with Gasteiger partial charge in [0, 0.05) is 0 Å². The summed E-state index contributed by atoms with van der Waals surface area (Å²) in [5, 5.41) is 11.3. The molecular formula is C19H17N3O4. The van der Waals surface area contributed by atoms with Crippen LogP contribution in [-0.4, -0.2) is 14.9 Å². The summed E-state index contributed by atoms with van der Waals surface area (Å²) in [5.74, 6) is -0.102. The zero-order valence-corrected chi connectivity index (χ0v) is 14.2. The molecule has 0 bridgehead atoms. The zero-order chi connectivity index (χ0) is 18.4. The average Bonchev–Trinajstić information content (AvgIpc) is 2.66. The first-order chi connectivity index (χ1) is 12.6. The molecule has 132 valence electrons. The van der Waals surface area contributed by atoms with Crippen molar-refractivity contribution in [3.8, 4) is 11.9 Å². The van der Waals surface area contributed by atoms with E-state index in [2.05, 4.69) is 9.97 Å². The summed E-state index contributed by atoms with van der Waals surface area (Å²) in [6.45, 7) is 1.96. The van der Waals surface area contributed by atoms with Crippen molar-refractivity contribution >= 4 is 5.69 Å². The van der Waals surface area contributed by atoms with E-state index >= 15 is 0 Å². The molecule has 0 radical (unpaired) electrons. The Bertz CT molecular complexity index is 886. The van der Waals surface area contributed by atoms with Gasteiger partial charge in [0.2, 0.25) is 0 Å². The van der Waals surface area contributed by atoms with Crippen molar-refractivity contribution in [2.24, 2.45) is 0 Å². The van der Waals surface area contributed by atoms with Gasteiger partial charge in [-0.1, -0.05) is 60.7 Å². The number of nitro groups is 1. The van der Waals surface area contributed by atoms with Crippen LogP contribution in [0.1, 0.15) is 16.8 Å². The molecule has 0 saturated heterocycles. The number of nitrogens with zero attached hydrogens (tertiary/aromatic N) is 3. The molecule has 26 heavy (non-hydrogen) atoms. The lowest BCUT2D eigenvalue weighted by atomic mass is 10.2. The monoisotopic (exact) mass is 351 g/mol. The van der Waals surface area contributed by atoms with Crippen molar-refractivity contribution in [1.82, 2.24) is 9.97 Å². The Hall–Kier alpha value is -3.48. The molecule has 2 aromatic carbocycles. The minimum atomic E-state index is -0.545. The summed E-state index contributed by atoms with van der Waals surface area (Å²) in [6.07, 6.45) is 0. The first-order valence-electron chi connectivity index (χ1n) is 8.00. The van der Waals surface area contributed by atoms with Crippen LogP contribution in [0.25, 0.3) is 0 Å². The lowest BCUT2D eigenvalue weighted by molar-refractivity contribution is -0.387. The zero-order valence-electron chi connectivity index (χ0n) is 14.2. The normalized spacial score (nSPS) is 10.3. The Morgan fingerprint density at radius 3 is 1.96 bits per heavy atom. The van der Waals surface area contributed by atoms with E-state index in [4.69, 9.17) is 9.47 Å². The Morgan fingerprint density at radius 2 is 1.42 bits per heavy atom.